The van der Waals surface area contributed by atoms with Crippen LogP contribution in [0.5, 0.6) is 5.75 Å². The van der Waals surface area contributed by atoms with E-state index in [0.717, 1.165) is 39.5 Å². The number of carbonyl (C=O) groups is 2. The third-order valence-electron chi connectivity index (χ3n) is 6.94. The topological polar surface area (TPSA) is 114 Å². The number of hydrogen-bond acceptors (Lipinski definition) is 7. The molecule has 0 bridgehead atoms. The van der Waals surface area contributed by atoms with Gasteiger partial charge in [-0.25, -0.2) is 9.78 Å². The van der Waals surface area contributed by atoms with Crippen LogP contribution < -0.4 is 15.0 Å². The minimum absolute atomic E-state index is 0.0241. The number of aliphatic carboxylic acids is 1. The van der Waals surface area contributed by atoms with Gasteiger partial charge in [-0.15, -0.1) is 0 Å². The first kappa shape index (κ1) is 31.2. The van der Waals surface area contributed by atoms with Crippen molar-refractivity contribution in [3.63, 3.8) is 0 Å². The highest BCUT2D eigenvalue weighted by molar-refractivity contribution is 5.68. The van der Waals surface area contributed by atoms with Crippen LogP contribution in [0.2, 0.25) is 0 Å². The summed E-state index contributed by atoms with van der Waals surface area (Å²) in [6.45, 7) is 6.22. The molecule has 0 aliphatic carbocycles. The average Bonchev–Trinajstić information content (AvgIpc) is 3.36. The molecule has 0 saturated heterocycles. The van der Waals surface area contributed by atoms with E-state index in [2.05, 4.69) is 22.3 Å². The highest BCUT2D eigenvalue weighted by Gasteiger charge is 2.14. The zero-order chi connectivity index (χ0) is 30.8. The second-order valence-corrected chi connectivity index (χ2v) is 10.5. The molecule has 0 fully saturated rings. The molecular weight excluding hydrogens is 546 g/mol. The molecule has 4 rings (SSSR count). The second kappa shape index (κ2) is 14.9. The van der Waals surface area contributed by atoms with Crippen molar-refractivity contribution in [2.45, 2.75) is 52.6 Å². The van der Waals surface area contributed by atoms with E-state index in [1.807, 2.05) is 74.6 Å². The van der Waals surface area contributed by atoms with Gasteiger partial charge in [0.25, 0.3) is 0 Å². The molecule has 43 heavy (non-hydrogen) atoms. The van der Waals surface area contributed by atoms with Crippen molar-refractivity contribution < 1.29 is 28.6 Å². The maximum atomic E-state index is 11.9. The van der Waals surface area contributed by atoms with Crippen molar-refractivity contribution in [3.8, 4) is 17.2 Å². The molecule has 0 spiro atoms. The molecule has 2 N–H and O–H groups in total. The van der Waals surface area contributed by atoms with E-state index in [-0.39, 0.29) is 12.5 Å². The lowest BCUT2D eigenvalue weighted by Gasteiger charge is -2.19. The number of rotatable bonds is 14. The van der Waals surface area contributed by atoms with E-state index in [1.165, 1.54) is 0 Å². The minimum Gasteiger partial charge on any atom is -0.493 e. The number of carboxylic acid groups (broad SMARTS) is 1. The Morgan fingerprint density at radius 2 is 1.67 bits per heavy atom. The van der Waals surface area contributed by atoms with Gasteiger partial charge in [0, 0.05) is 43.4 Å². The number of alkyl carbamates (subject to hydrolysis) is 1. The highest BCUT2D eigenvalue weighted by Crippen LogP contribution is 2.28. The Morgan fingerprint density at radius 3 is 2.37 bits per heavy atom. The minimum atomic E-state index is -0.859. The van der Waals surface area contributed by atoms with Crippen LogP contribution in [-0.2, 0) is 28.8 Å². The summed E-state index contributed by atoms with van der Waals surface area (Å²) in [4.78, 5) is 29.8. The molecule has 9 nitrogen and oxygen atoms in total. The molecule has 0 aliphatic rings. The molecule has 3 aromatic carbocycles. The zero-order valence-electron chi connectivity index (χ0n) is 25.1. The Hall–Kier alpha value is -4.79. The van der Waals surface area contributed by atoms with E-state index in [4.69, 9.17) is 24.0 Å². The van der Waals surface area contributed by atoms with E-state index >= 15 is 0 Å². The van der Waals surface area contributed by atoms with Crippen molar-refractivity contribution in [3.05, 3.63) is 95.4 Å². The Bertz CT molecular complexity index is 1500. The Kier molecular flexibility index (Phi) is 10.8. The van der Waals surface area contributed by atoms with E-state index < -0.39 is 12.1 Å². The predicted octanol–water partition coefficient (Wildman–Crippen LogP) is 6.73. The monoisotopic (exact) mass is 585 g/mol. The Labute approximate surface area is 252 Å². The van der Waals surface area contributed by atoms with Gasteiger partial charge < -0.3 is 29.2 Å². The smallest absolute Gasteiger partial charge is 0.407 e. The molecule has 0 radical (unpaired) electrons. The summed E-state index contributed by atoms with van der Waals surface area (Å²) in [6.07, 6.45) is 0.808. The quantitative estimate of drug-likeness (QED) is 0.167. The number of carboxylic acids is 1. The van der Waals surface area contributed by atoms with E-state index in [1.54, 1.807) is 13.8 Å². The van der Waals surface area contributed by atoms with E-state index in [9.17, 15) is 9.59 Å². The van der Waals surface area contributed by atoms with Crippen molar-refractivity contribution in [2.75, 3.05) is 25.1 Å². The number of aryl methyl sites for hydroxylation is 2. The molecule has 9 heteroatoms. The van der Waals surface area contributed by atoms with Crippen molar-refractivity contribution in [1.82, 2.24) is 10.3 Å². The molecule has 1 aromatic heterocycles. The summed E-state index contributed by atoms with van der Waals surface area (Å²) in [5.41, 5.74) is 5.72. The third-order valence-corrected chi connectivity index (χ3v) is 6.94. The van der Waals surface area contributed by atoms with Gasteiger partial charge in [0.15, 0.2) is 0 Å². The lowest BCUT2D eigenvalue weighted by molar-refractivity contribution is -0.136. The van der Waals surface area contributed by atoms with Gasteiger partial charge in [-0.2, -0.15) is 0 Å². The molecule has 1 amide bonds. The number of amides is 1. The Morgan fingerprint density at radius 1 is 0.953 bits per heavy atom. The van der Waals surface area contributed by atoms with Crippen LogP contribution in [0.15, 0.2) is 77.2 Å². The lowest BCUT2D eigenvalue weighted by Crippen LogP contribution is -2.28. The number of para-hydroxylation sites is 1. The summed E-state index contributed by atoms with van der Waals surface area (Å²) in [6, 6.07) is 23.9. The van der Waals surface area contributed by atoms with Gasteiger partial charge >= 0.3 is 12.1 Å². The van der Waals surface area contributed by atoms with Crippen molar-refractivity contribution in [2.24, 2.45) is 0 Å². The molecular formula is C34H39N3O6. The maximum absolute atomic E-state index is 11.9. The fraction of sp³-hybridized carbons (Fsp3) is 0.324. The number of nitrogens with zero attached hydrogens (tertiary/aromatic N) is 2. The molecule has 226 valence electrons. The summed E-state index contributed by atoms with van der Waals surface area (Å²) in [7, 11) is 2.03. The number of carbonyl (C=O) groups excluding carboxylic acids is 1. The van der Waals surface area contributed by atoms with Crippen molar-refractivity contribution in [1.29, 1.82) is 0 Å². The van der Waals surface area contributed by atoms with Crippen LogP contribution in [0.1, 0.15) is 42.8 Å². The first-order chi connectivity index (χ1) is 20.7. The number of oxazole rings is 1. The molecule has 4 aromatic rings. The van der Waals surface area contributed by atoms with Gasteiger partial charge in [-0.05, 0) is 93.3 Å². The molecule has 0 atom stereocenters. The second-order valence-electron chi connectivity index (χ2n) is 10.5. The first-order valence-electron chi connectivity index (χ1n) is 14.5. The summed E-state index contributed by atoms with van der Waals surface area (Å²) in [5.74, 6) is 1.11. The zero-order valence-corrected chi connectivity index (χ0v) is 25.1. The van der Waals surface area contributed by atoms with Crippen LogP contribution in [0.25, 0.3) is 11.5 Å². The number of ether oxygens (including phenoxy) is 2. The fourth-order valence-electron chi connectivity index (χ4n) is 4.64. The van der Waals surface area contributed by atoms with Crippen LogP contribution in [-0.4, -0.2) is 48.5 Å². The summed E-state index contributed by atoms with van der Waals surface area (Å²) in [5, 5.41) is 11.9. The predicted molar refractivity (Wildman–Crippen MR) is 166 cm³/mol. The number of hydrogen-bond donors (Lipinski definition) is 2. The van der Waals surface area contributed by atoms with Crippen LogP contribution >= 0.6 is 0 Å². The summed E-state index contributed by atoms with van der Waals surface area (Å²) < 4.78 is 17.2. The normalized spacial score (nSPS) is 10.9. The molecule has 0 saturated carbocycles. The maximum Gasteiger partial charge on any atom is 0.407 e. The number of aromatic nitrogens is 1. The van der Waals surface area contributed by atoms with Gasteiger partial charge in [0.1, 0.15) is 11.5 Å². The average molecular weight is 586 g/mol. The van der Waals surface area contributed by atoms with Crippen LogP contribution in [0.4, 0.5) is 16.2 Å². The molecule has 0 aliphatic heterocycles. The van der Waals surface area contributed by atoms with Crippen LogP contribution in [0.3, 0.4) is 0 Å². The van der Waals surface area contributed by atoms with Gasteiger partial charge in [-0.3, -0.25) is 4.79 Å². The molecule has 0 unspecified atom stereocenters. The highest BCUT2D eigenvalue weighted by atomic mass is 16.6. The van der Waals surface area contributed by atoms with Crippen LogP contribution in [0, 0.1) is 6.92 Å². The first-order valence-corrected chi connectivity index (χ1v) is 14.5. The van der Waals surface area contributed by atoms with Gasteiger partial charge in [0.2, 0.25) is 5.89 Å². The number of anilines is 2. The fourth-order valence-corrected chi connectivity index (χ4v) is 4.64. The van der Waals surface area contributed by atoms with Gasteiger partial charge in [-0.1, -0.05) is 24.3 Å². The SMILES string of the molecule is Cc1oc(-c2ccc(N(C)c3ccccc3)cc2)nc1CCOc1ccc(CCC(=O)O)c(CCNC(=O)OC(C)C)c1. The lowest BCUT2D eigenvalue weighted by atomic mass is 10.00. The van der Waals surface area contributed by atoms with Crippen molar-refractivity contribution >= 4 is 23.4 Å². The number of nitrogens with one attached hydrogen (secondary N) is 1. The largest absolute Gasteiger partial charge is 0.493 e. The van der Waals surface area contributed by atoms with Gasteiger partial charge in [0.05, 0.1) is 18.4 Å². The van der Waals surface area contributed by atoms with E-state index in [0.29, 0.717) is 44.1 Å². The molecule has 1 heterocycles. The Balaban J connectivity index is 1.36. The number of benzene rings is 3. The summed E-state index contributed by atoms with van der Waals surface area (Å²) >= 11 is 0. The standard InChI is InChI=1S/C34H39N3O6/c1-23(2)42-34(40)35-20-18-27-22-30(16-12-25(27)13-17-32(38)39)41-21-19-31-24(3)43-33(36-31)26-10-14-29(15-11-26)37(4)28-8-6-5-7-9-28/h5-12,14-16,22-23H,13,17-21H2,1-4H3,(H,35,40)(H,38,39). The third kappa shape index (κ3) is 9.10.